The molecule has 146 valence electrons. The lowest BCUT2D eigenvalue weighted by atomic mass is 10.1. The van der Waals surface area contributed by atoms with Gasteiger partial charge in [0.2, 0.25) is 5.91 Å². The first-order valence-corrected chi connectivity index (χ1v) is 10.4. The number of nitrogens with one attached hydrogen (secondary N) is 2. The van der Waals surface area contributed by atoms with E-state index in [1.54, 1.807) is 17.5 Å². The van der Waals surface area contributed by atoms with Crippen molar-refractivity contribution in [2.45, 2.75) is 39.2 Å². The monoisotopic (exact) mass is 396 g/mol. The van der Waals surface area contributed by atoms with Crippen molar-refractivity contribution in [3.63, 3.8) is 0 Å². The van der Waals surface area contributed by atoms with Crippen LogP contribution >= 0.6 is 11.3 Å². The number of aromatic nitrogens is 4. The van der Waals surface area contributed by atoms with Crippen LogP contribution in [0.4, 0.5) is 5.82 Å². The average Bonchev–Trinajstić information content (AvgIpc) is 3.40. The van der Waals surface area contributed by atoms with E-state index in [2.05, 4.69) is 46.0 Å². The minimum atomic E-state index is 0.0341. The second kappa shape index (κ2) is 7.68. The number of amides is 1. The first-order valence-electron chi connectivity index (χ1n) is 9.56. The summed E-state index contributed by atoms with van der Waals surface area (Å²) in [6, 6.07) is 0.0341. The SMILES string of the molecule is CNc1cn2cc(C#Cc3cnc([C@@H]4CCCN4C(=O)CC(C)C)[nH]3)sc2n1. The van der Waals surface area contributed by atoms with Gasteiger partial charge in [0, 0.05) is 26.2 Å². The molecule has 0 unspecified atom stereocenters. The first-order chi connectivity index (χ1) is 13.5. The van der Waals surface area contributed by atoms with Crippen LogP contribution in [-0.2, 0) is 4.79 Å². The summed E-state index contributed by atoms with van der Waals surface area (Å²) in [5.74, 6) is 8.57. The molecule has 4 heterocycles. The fraction of sp³-hybridized carbons (Fsp3) is 0.450. The van der Waals surface area contributed by atoms with Gasteiger partial charge in [-0.2, -0.15) is 0 Å². The van der Waals surface area contributed by atoms with Gasteiger partial charge in [0.05, 0.1) is 23.3 Å². The molecule has 3 aromatic heterocycles. The third-order valence-corrected chi connectivity index (χ3v) is 5.71. The molecule has 28 heavy (non-hydrogen) atoms. The highest BCUT2D eigenvalue weighted by molar-refractivity contribution is 7.17. The minimum Gasteiger partial charge on any atom is -0.372 e. The average molecular weight is 397 g/mol. The Morgan fingerprint density at radius 2 is 2.29 bits per heavy atom. The Balaban J connectivity index is 1.49. The van der Waals surface area contributed by atoms with E-state index in [-0.39, 0.29) is 11.9 Å². The number of imidazole rings is 2. The molecule has 0 aromatic carbocycles. The predicted molar refractivity (Wildman–Crippen MR) is 110 cm³/mol. The van der Waals surface area contributed by atoms with Crippen LogP contribution in [0.2, 0.25) is 0 Å². The van der Waals surface area contributed by atoms with Crippen molar-refractivity contribution in [1.82, 2.24) is 24.3 Å². The fourth-order valence-electron chi connectivity index (χ4n) is 3.49. The number of hydrogen-bond donors (Lipinski definition) is 2. The van der Waals surface area contributed by atoms with E-state index in [0.717, 1.165) is 46.6 Å². The van der Waals surface area contributed by atoms with Crippen molar-refractivity contribution < 1.29 is 4.79 Å². The number of likely N-dealkylation sites (tertiary alicyclic amines) is 1. The van der Waals surface area contributed by atoms with Gasteiger partial charge in [0.1, 0.15) is 17.3 Å². The van der Waals surface area contributed by atoms with Crippen molar-refractivity contribution in [2.24, 2.45) is 5.92 Å². The zero-order valence-corrected chi connectivity index (χ0v) is 17.1. The van der Waals surface area contributed by atoms with Crippen LogP contribution in [0.15, 0.2) is 18.6 Å². The molecule has 3 aromatic rings. The molecule has 0 radical (unpaired) electrons. The van der Waals surface area contributed by atoms with E-state index in [0.29, 0.717) is 12.3 Å². The summed E-state index contributed by atoms with van der Waals surface area (Å²) in [6.45, 7) is 4.96. The molecule has 1 saturated heterocycles. The molecule has 2 N–H and O–H groups in total. The van der Waals surface area contributed by atoms with Crippen molar-refractivity contribution in [3.05, 3.63) is 35.0 Å². The van der Waals surface area contributed by atoms with Crippen LogP contribution in [0.3, 0.4) is 0 Å². The summed E-state index contributed by atoms with van der Waals surface area (Å²) < 4.78 is 1.97. The maximum Gasteiger partial charge on any atom is 0.223 e. The molecule has 7 nitrogen and oxygen atoms in total. The smallest absolute Gasteiger partial charge is 0.223 e. The van der Waals surface area contributed by atoms with E-state index >= 15 is 0 Å². The van der Waals surface area contributed by atoms with Gasteiger partial charge in [-0.15, -0.1) is 0 Å². The van der Waals surface area contributed by atoms with Crippen molar-refractivity contribution >= 4 is 28.0 Å². The highest BCUT2D eigenvalue weighted by atomic mass is 32.1. The first kappa shape index (κ1) is 18.6. The summed E-state index contributed by atoms with van der Waals surface area (Å²) in [5.41, 5.74) is 0.764. The lowest BCUT2D eigenvalue weighted by molar-refractivity contribution is -0.133. The van der Waals surface area contributed by atoms with Crippen molar-refractivity contribution in [3.8, 4) is 11.8 Å². The normalized spacial score (nSPS) is 16.6. The number of hydrogen-bond acceptors (Lipinski definition) is 5. The minimum absolute atomic E-state index is 0.0341. The number of rotatable bonds is 4. The standard InChI is InChI=1S/C20H24N6OS/c1-13(2)9-18(27)26-8-4-5-16(26)19-22-10-14(23-19)6-7-15-11-25-12-17(21-3)24-20(25)28-15/h10-13,16,21H,4-5,8-9H2,1-3H3,(H,22,23)/t16-/m0/s1. The second-order valence-corrected chi connectivity index (χ2v) is 8.45. The molecule has 1 fully saturated rings. The molecular formula is C20H24N6OS. The van der Waals surface area contributed by atoms with Gasteiger partial charge in [-0.1, -0.05) is 25.2 Å². The zero-order valence-electron chi connectivity index (χ0n) is 16.3. The summed E-state index contributed by atoms with van der Waals surface area (Å²) in [7, 11) is 1.85. The van der Waals surface area contributed by atoms with E-state index in [1.165, 1.54) is 0 Å². The highest BCUT2D eigenvalue weighted by Gasteiger charge is 2.31. The van der Waals surface area contributed by atoms with Crippen molar-refractivity contribution in [1.29, 1.82) is 0 Å². The van der Waals surface area contributed by atoms with Crippen LogP contribution in [0.5, 0.6) is 0 Å². The van der Waals surface area contributed by atoms with Crippen LogP contribution in [0.1, 0.15) is 55.5 Å². The van der Waals surface area contributed by atoms with E-state index < -0.39 is 0 Å². The third kappa shape index (κ3) is 3.76. The largest absolute Gasteiger partial charge is 0.372 e. The maximum atomic E-state index is 12.5. The topological polar surface area (TPSA) is 78.3 Å². The van der Waals surface area contributed by atoms with Crippen LogP contribution in [-0.4, -0.2) is 43.8 Å². The number of carbonyl (C=O) groups excluding carboxylic acids is 1. The van der Waals surface area contributed by atoms with Crippen LogP contribution in [0, 0.1) is 17.8 Å². The van der Waals surface area contributed by atoms with E-state index in [1.807, 2.05) is 28.7 Å². The van der Waals surface area contributed by atoms with Gasteiger partial charge in [-0.25, -0.2) is 9.97 Å². The van der Waals surface area contributed by atoms with Gasteiger partial charge in [0.15, 0.2) is 4.96 Å². The Morgan fingerprint density at radius 3 is 3.04 bits per heavy atom. The molecular weight excluding hydrogens is 372 g/mol. The van der Waals surface area contributed by atoms with Crippen molar-refractivity contribution in [2.75, 3.05) is 18.9 Å². The van der Waals surface area contributed by atoms with E-state index in [4.69, 9.17) is 0 Å². The molecule has 1 aliphatic rings. The molecule has 0 spiro atoms. The lowest BCUT2D eigenvalue weighted by Crippen LogP contribution is -2.31. The number of fused-ring (bicyclic) bond motifs is 1. The van der Waals surface area contributed by atoms with Gasteiger partial charge < -0.3 is 15.2 Å². The Kier molecular flexibility index (Phi) is 5.09. The molecule has 0 saturated carbocycles. The molecule has 1 amide bonds. The number of H-pyrrole nitrogens is 1. The van der Waals surface area contributed by atoms with E-state index in [9.17, 15) is 4.79 Å². The summed E-state index contributed by atoms with van der Waals surface area (Å²) in [4.78, 5) is 28.6. The second-order valence-electron chi connectivity index (χ2n) is 7.44. The maximum absolute atomic E-state index is 12.5. The Labute approximate surface area is 168 Å². The van der Waals surface area contributed by atoms with Gasteiger partial charge in [0.25, 0.3) is 0 Å². The molecule has 4 rings (SSSR count). The highest BCUT2D eigenvalue weighted by Crippen LogP contribution is 2.31. The molecule has 0 bridgehead atoms. The Morgan fingerprint density at radius 1 is 1.43 bits per heavy atom. The predicted octanol–water partition coefficient (Wildman–Crippen LogP) is 3.27. The number of aromatic amines is 1. The zero-order chi connectivity index (χ0) is 19.7. The number of carbonyl (C=O) groups is 1. The molecule has 8 heteroatoms. The van der Waals surface area contributed by atoms with Gasteiger partial charge >= 0.3 is 0 Å². The van der Waals surface area contributed by atoms with Gasteiger partial charge in [-0.05, 0) is 30.6 Å². The Bertz CT molecular complexity index is 1020. The third-order valence-electron chi connectivity index (χ3n) is 4.80. The number of thiazole rings is 1. The molecule has 1 atom stereocenters. The lowest BCUT2D eigenvalue weighted by Gasteiger charge is -2.24. The van der Waals surface area contributed by atoms with Crippen LogP contribution < -0.4 is 5.32 Å². The van der Waals surface area contributed by atoms with Gasteiger partial charge in [-0.3, -0.25) is 9.20 Å². The molecule has 0 aliphatic carbocycles. The Hall–Kier alpha value is -2.79. The summed E-state index contributed by atoms with van der Waals surface area (Å²) in [5, 5.41) is 3.03. The molecule has 1 aliphatic heterocycles. The summed E-state index contributed by atoms with van der Waals surface area (Å²) >= 11 is 1.55. The van der Waals surface area contributed by atoms with Crippen LogP contribution in [0.25, 0.3) is 4.96 Å². The summed E-state index contributed by atoms with van der Waals surface area (Å²) in [6.07, 6.45) is 8.21. The fourth-order valence-corrected chi connectivity index (χ4v) is 4.31. The number of nitrogens with zero attached hydrogens (tertiary/aromatic N) is 4. The quantitative estimate of drug-likeness (QED) is 0.664. The number of anilines is 1.